The molecule has 0 aliphatic rings. The van der Waals surface area contributed by atoms with Crippen molar-refractivity contribution in [1.29, 1.82) is 0 Å². The number of rotatable bonds is 28. The second kappa shape index (κ2) is 28.2. The van der Waals surface area contributed by atoms with Gasteiger partial charge in [-0.25, -0.2) is 0 Å². The van der Waals surface area contributed by atoms with Crippen molar-refractivity contribution in [1.82, 2.24) is 0 Å². The van der Waals surface area contributed by atoms with Crippen molar-refractivity contribution in [3.63, 3.8) is 0 Å². The summed E-state index contributed by atoms with van der Waals surface area (Å²) in [5.74, 6) is 0.917. The molecule has 2 heteroatoms. The molecule has 0 aliphatic heterocycles. The topological polar surface area (TPSA) is 40.5 Å². The fourth-order valence-corrected chi connectivity index (χ4v) is 5.40. The van der Waals surface area contributed by atoms with Gasteiger partial charge in [0, 0.05) is 13.2 Å². The minimum absolute atomic E-state index is 0.220. The minimum Gasteiger partial charge on any atom is -0.396 e. The number of hydrogen-bond donors (Lipinski definition) is 2. The van der Waals surface area contributed by atoms with E-state index in [1.165, 1.54) is 154 Å². The molecule has 0 saturated carbocycles. The first-order chi connectivity index (χ1) is 16.3. The van der Waals surface area contributed by atoms with E-state index in [9.17, 15) is 10.2 Å². The first-order valence-electron chi connectivity index (χ1n) is 15.5. The predicted molar refractivity (Wildman–Crippen MR) is 148 cm³/mol. The van der Waals surface area contributed by atoms with Crippen molar-refractivity contribution in [3.05, 3.63) is 0 Å². The van der Waals surface area contributed by atoms with E-state index in [1.54, 1.807) is 0 Å². The molecule has 0 aromatic rings. The molecule has 2 N–H and O–H groups in total. The van der Waals surface area contributed by atoms with Crippen LogP contribution in [0.4, 0.5) is 0 Å². The molecular formula is C31H64O2. The molecule has 1 atom stereocenters. The third-order valence-corrected chi connectivity index (χ3v) is 7.76. The molecule has 0 spiro atoms. The maximum absolute atomic E-state index is 9.87. The molecule has 200 valence electrons. The molecule has 2 nitrogen and oxygen atoms in total. The van der Waals surface area contributed by atoms with Crippen LogP contribution in [0.5, 0.6) is 0 Å². The van der Waals surface area contributed by atoms with Gasteiger partial charge in [-0.2, -0.15) is 0 Å². The van der Waals surface area contributed by atoms with Gasteiger partial charge < -0.3 is 10.2 Å². The summed E-state index contributed by atoms with van der Waals surface area (Å²) in [7, 11) is 0. The van der Waals surface area contributed by atoms with Crippen LogP contribution in [-0.4, -0.2) is 23.4 Å². The van der Waals surface area contributed by atoms with Crippen molar-refractivity contribution in [2.75, 3.05) is 13.2 Å². The quantitative estimate of drug-likeness (QED) is 0.112. The average Bonchev–Trinajstić information content (AvgIpc) is 2.83. The van der Waals surface area contributed by atoms with Crippen LogP contribution < -0.4 is 0 Å². The van der Waals surface area contributed by atoms with Crippen molar-refractivity contribution in [2.24, 2.45) is 11.8 Å². The summed E-state index contributed by atoms with van der Waals surface area (Å²) in [6, 6.07) is 0. The van der Waals surface area contributed by atoms with Crippen LogP contribution in [0.15, 0.2) is 0 Å². The Bertz CT molecular complexity index is 318. The fraction of sp³-hybridized carbons (Fsp3) is 1.00. The molecular weight excluding hydrogens is 404 g/mol. The lowest BCUT2D eigenvalue weighted by Crippen LogP contribution is -2.20. The standard InChI is InChI=1S/C31H64O2/c1-3-5-7-9-11-13-15-17-19-21-23-25-30(31(29-33)27-28-32)26-24-22-20-18-16-14-12-10-8-6-4-2/h30-33H,3-29H2,1-2H3. The first-order valence-corrected chi connectivity index (χ1v) is 15.5. The van der Waals surface area contributed by atoms with Crippen LogP contribution in [0.1, 0.15) is 174 Å². The molecule has 0 heterocycles. The highest BCUT2D eigenvalue weighted by molar-refractivity contribution is 4.70. The van der Waals surface area contributed by atoms with Crippen LogP contribution in [0, 0.1) is 11.8 Å². The Labute approximate surface area is 209 Å². The highest BCUT2D eigenvalue weighted by Gasteiger charge is 2.19. The van der Waals surface area contributed by atoms with E-state index in [2.05, 4.69) is 13.8 Å². The van der Waals surface area contributed by atoms with E-state index >= 15 is 0 Å². The van der Waals surface area contributed by atoms with E-state index in [-0.39, 0.29) is 13.2 Å². The minimum atomic E-state index is 0.220. The lowest BCUT2D eigenvalue weighted by Gasteiger charge is -2.25. The maximum Gasteiger partial charge on any atom is 0.0462 e. The van der Waals surface area contributed by atoms with Gasteiger partial charge in [-0.3, -0.25) is 0 Å². The Balaban J connectivity index is 3.81. The fourth-order valence-electron chi connectivity index (χ4n) is 5.40. The van der Waals surface area contributed by atoms with E-state index in [0.29, 0.717) is 11.8 Å². The Hall–Kier alpha value is -0.0800. The molecule has 0 radical (unpaired) electrons. The lowest BCUT2D eigenvalue weighted by molar-refractivity contribution is 0.126. The SMILES string of the molecule is CCCCCCCCCCCCCC(CCCCCCCCCCCCC)C(CO)CCO. The molecule has 0 bridgehead atoms. The number of unbranched alkanes of at least 4 members (excludes halogenated alkanes) is 20. The van der Waals surface area contributed by atoms with Crippen molar-refractivity contribution in [2.45, 2.75) is 174 Å². The molecule has 0 aromatic carbocycles. The largest absolute Gasteiger partial charge is 0.396 e. The zero-order valence-electron chi connectivity index (χ0n) is 23.1. The van der Waals surface area contributed by atoms with Crippen LogP contribution in [0.2, 0.25) is 0 Å². The van der Waals surface area contributed by atoms with Gasteiger partial charge in [0.15, 0.2) is 0 Å². The van der Waals surface area contributed by atoms with E-state index in [1.807, 2.05) is 0 Å². The van der Waals surface area contributed by atoms with Crippen molar-refractivity contribution in [3.8, 4) is 0 Å². The normalized spacial score (nSPS) is 12.6. The molecule has 1 unspecified atom stereocenters. The molecule has 0 fully saturated rings. The smallest absolute Gasteiger partial charge is 0.0462 e. The monoisotopic (exact) mass is 468 g/mol. The summed E-state index contributed by atoms with van der Waals surface area (Å²) in [5, 5.41) is 19.3. The zero-order valence-corrected chi connectivity index (χ0v) is 23.1. The van der Waals surface area contributed by atoms with Crippen LogP contribution in [0.3, 0.4) is 0 Å². The van der Waals surface area contributed by atoms with E-state index in [4.69, 9.17) is 0 Å². The van der Waals surface area contributed by atoms with Gasteiger partial charge >= 0.3 is 0 Å². The third kappa shape index (κ3) is 23.4. The van der Waals surface area contributed by atoms with Gasteiger partial charge in [0.25, 0.3) is 0 Å². The Morgan fingerprint density at radius 2 is 0.667 bits per heavy atom. The van der Waals surface area contributed by atoms with Gasteiger partial charge in [0.1, 0.15) is 0 Å². The average molecular weight is 469 g/mol. The summed E-state index contributed by atoms with van der Waals surface area (Å²) in [6.07, 6.45) is 33.9. The number of aliphatic hydroxyl groups is 2. The Kier molecular flexibility index (Phi) is 28.1. The molecule has 0 rings (SSSR count). The zero-order chi connectivity index (χ0) is 24.2. The van der Waals surface area contributed by atoms with Gasteiger partial charge in [-0.15, -0.1) is 0 Å². The highest BCUT2D eigenvalue weighted by atomic mass is 16.3. The van der Waals surface area contributed by atoms with Gasteiger partial charge in [-0.1, -0.05) is 168 Å². The van der Waals surface area contributed by atoms with Crippen LogP contribution >= 0.6 is 0 Å². The van der Waals surface area contributed by atoms with Crippen LogP contribution in [0.25, 0.3) is 0 Å². The molecule has 0 amide bonds. The Morgan fingerprint density at radius 3 is 0.939 bits per heavy atom. The summed E-state index contributed by atoms with van der Waals surface area (Å²) in [4.78, 5) is 0. The van der Waals surface area contributed by atoms with Crippen molar-refractivity contribution >= 4 is 0 Å². The van der Waals surface area contributed by atoms with Gasteiger partial charge in [0.05, 0.1) is 0 Å². The van der Waals surface area contributed by atoms with Gasteiger partial charge in [0.2, 0.25) is 0 Å². The summed E-state index contributed by atoms with van der Waals surface area (Å²) >= 11 is 0. The van der Waals surface area contributed by atoms with Crippen LogP contribution in [-0.2, 0) is 0 Å². The van der Waals surface area contributed by atoms with E-state index in [0.717, 1.165) is 6.42 Å². The highest BCUT2D eigenvalue weighted by Crippen LogP contribution is 2.28. The molecule has 33 heavy (non-hydrogen) atoms. The van der Waals surface area contributed by atoms with Crippen molar-refractivity contribution < 1.29 is 10.2 Å². The lowest BCUT2D eigenvalue weighted by atomic mass is 9.82. The van der Waals surface area contributed by atoms with Gasteiger partial charge in [-0.05, 0) is 18.3 Å². The Morgan fingerprint density at radius 1 is 0.364 bits per heavy atom. The second-order valence-electron chi connectivity index (χ2n) is 10.9. The summed E-state index contributed by atoms with van der Waals surface area (Å²) in [5.41, 5.74) is 0. The second-order valence-corrected chi connectivity index (χ2v) is 10.9. The third-order valence-electron chi connectivity index (χ3n) is 7.76. The van der Waals surface area contributed by atoms with E-state index < -0.39 is 0 Å². The number of hydrogen-bond acceptors (Lipinski definition) is 2. The summed E-state index contributed by atoms with van der Waals surface area (Å²) < 4.78 is 0. The number of aliphatic hydroxyl groups excluding tert-OH is 2. The first kappa shape index (κ1) is 32.9. The maximum atomic E-state index is 9.87. The molecule has 0 saturated heterocycles. The summed E-state index contributed by atoms with van der Waals surface area (Å²) in [6.45, 7) is 5.05. The predicted octanol–water partition coefficient (Wildman–Crippen LogP) is 10.00. The molecule has 0 aliphatic carbocycles. The molecule has 0 aromatic heterocycles.